The Morgan fingerprint density at radius 1 is 0.964 bits per heavy atom. The van der Waals surface area contributed by atoms with Gasteiger partial charge in [-0.2, -0.15) is 10.2 Å². The van der Waals surface area contributed by atoms with E-state index in [0.29, 0.717) is 71.0 Å². The molecule has 2 rings (SSSR count). The van der Waals surface area contributed by atoms with Gasteiger partial charge in [-0.1, -0.05) is 6.08 Å². The molecular formula is C20H37N3O5. The molecule has 1 spiro atoms. The smallest absolute Gasteiger partial charge is 0.0904 e. The summed E-state index contributed by atoms with van der Waals surface area (Å²) in [5, 5.41) is 11.0. The van der Waals surface area contributed by atoms with E-state index in [1.165, 1.54) is 32.4 Å². The first-order chi connectivity index (χ1) is 13.8. The van der Waals surface area contributed by atoms with Crippen LogP contribution >= 0.6 is 0 Å². The van der Waals surface area contributed by atoms with E-state index in [2.05, 4.69) is 15.5 Å². The van der Waals surface area contributed by atoms with E-state index in [1.807, 2.05) is 13.0 Å². The third-order valence-electron chi connectivity index (χ3n) is 5.17. The van der Waals surface area contributed by atoms with Gasteiger partial charge in [0, 0.05) is 20.1 Å². The van der Waals surface area contributed by atoms with Crippen LogP contribution in [-0.2, 0) is 23.7 Å². The maximum atomic E-state index is 5.92. The molecule has 0 aromatic rings. The van der Waals surface area contributed by atoms with Gasteiger partial charge in [0.1, 0.15) is 0 Å². The predicted octanol–water partition coefficient (Wildman–Crippen LogP) is 2.20. The Morgan fingerprint density at radius 3 is 2.07 bits per heavy atom. The lowest BCUT2D eigenvalue weighted by Crippen LogP contribution is -2.52. The summed E-state index contributed by atoms with van der Waals surface area (Å²) in [4.78, 5) is 0. The number of azo groups is 1. The highest BCUT2D eigenvalue weighted by Gasteiger charge is 2.43. The summed E-state index contributed by atoms with van der Waals surface area (Å²) in [6.45, 7) is 9.33. The van der Waals surface area contributed by atoms with E-state index < -0.39 is 0 Å². The molecule has 0 aromatic heterocycles. The fourth-order valence-corrected chi connectivity index (χ4v) is 3.50. The molecule has 28 heavy (non-hydrogen) atoms. The summed E-state index contributed by atoms with van der Waals surface area (Å²) in [7, 11) is 1.64. The number of nitrogens with one attached hydrogen (secondary N) is 1. The average Bonchev–Trinajstić information content (AvgIpc) is 3.12. The zero-order valence-electron chi connectivity index (χ0n) is 17.5. The SMILES string of the molecule is C/C=C(/COCCOCCOCCOCCOC1CCC2(CNC2)C1)N=NC. The minimum atomic E-state index is 0.420. The zero-order chi connectivity index (χ0) is 19.9. The van der Waals surface area contributed by atoms with Crippen LogP contribution in [0.15, 0.2) is 22.0 Å². The molecule has 0 amide bonds. The molecule has 1 saturated heterocycles. The summed E-state index contributed by atoms with van der Waals surface area (Å²) in [5.74, 6) is 0. The molecule has 1 N–H and O–H groups in total. The quantitative estimate of drug-likeness (QED) is 0.316. The molecular weight excluding hydrogens is 362 g/mol. The van der Waals surface area contributed by atoms with Crippen LogP contribution in [-0.4, -0.2) is 85.7 Å². The maximum absolute atomic E-state index is 5.92. The molecule has 162 valence electrons. The Bertz CT molecular complexity index is 469. The molecule has 1 aliphatic carbocycles. The van der Waals surface area contributed by atoms with Crippen LogP contribution in [0.5, 0.6) is 0 Å². The standard InChI is InChI=1S/C20H37N3O5/c1-3-18(23-21-2)15-27-11-10-25-7-6-24-8-9-26-12-13-28-19-4-5-20(14-19)16-22-17-20/h3,19,22H,4-17H2,1-2H3/b18-3-,23-21?. The highest BCUT2D eigenvalue weighted by molar-refractivity contribution is 4.99. The highest BCUT2D eigenvalue weighted by atomic mass is 16.6. The lowest BCUT2D eigenvalue weighted by Gasteiger charge is -2.39. The third-order valence-corrected chi connectivity index (χ3v) is 5.17. The van der Waals surface area contributed by atoms with Crippen molar-refractivity contribution in [1.29, 1.82) is 0 Å². The van der Waals surface area contributed by atoms with Crippen molar-refractivity contribution < 1.29 is 23.7 Å². The van der Waals surface area contributed by atoms with Crippen molar-refractivity contribution >= 4 is 0 Å². The van der Waals surface area contributed by atoms with E-state index in [-0.39, 0.29) is 0 Å². The summed E-state index contributed by atoms with van der Waals surface area (Å²) in [6.07, 6.45) is 6.00. The van der Waals surface area contributed by atoms with Gasteiger partial charge in [0.05, 0.1) is 71.3 Å². The van der Waals surface area contributed by atoms with Gasteiger partial charge in [0.25, 0.3) is 0 Å². The van der Waals surface area contributed by atoms with Crippen LogP contribution in [0.3, 0.4) is 0 Å². The van der Waals surface area contributed by atoms with Gasteiger partial charge in [-0.05, 0) is 31.6 Å². The van der Waals surface area contributed by atoms with Crippen LogP contribution in [0, 0.1) is 5.41 Å². The topological polar surface area (TPSA) is 82.9 Å². The molecule has 8 heteroatoms. The van der Waals surface area contributed by atoms with Crippen molar-refractivity contribution in [3.8, 4) is 0 Å². The molecule has 0 aromatic carbocycles. The Kier molecular flexibility index (Phi) is 11.8. The highest BCUT2D eigenvalue weighted by Crippen LogP contribution is 2.42. The Hall–Kier alpha value is -0.900. The van der Waals surface area contributed by atoms with E-state index in [4.69, 9.17) is 23.7 Å². The minimum Gasteiger partial charge on any atom is -0.377 e. The van der Waals surface area contributed by atoms with Gasteiger partial charge in [-0.15, -0.1) is 0 Å². The molecule has 0 radical (unpaired) electrons. The minimum absolute atomic E-state index is 0.420. The summed E-state index contributed by atoms with van der Waals surface area (Å²) >= 11 is 0. The number of rotatable bonds is 16. The van der Waals surface area contributed by atoms with Crippen LogP contribution in [0.2, 0.25) is 0 Å². The van der Waals surface area contributed by atoms with E-state index in [0.717, 1.165) is 5.70 Å². The zero-order valence-corrected chi connectivity index (χ0v) is 17.5. The second kappa shape index (κ2) is 14.1. The van der Waals surface area contributed by atoms with Crippen LogP contribution < -0.4 is 5.32 Å². The molecule has 1 unspecified atom stereocenters. The van der Waals surface area contributed by atoms with Gasteiger partial charge in [0.2, 0.25) is 0 Å². The van der Waals surface area contributed by atoms with Crippen LogP contribution in [0.1, 0.15) is 26.2 Å². The number of nitrogens with zero attached hydrogens (tertiary/aromatic N) is 2. The maximum Gasteiger partial charge on any atom is 0.0904 e. The largest absolute Gasteiger partial charge is 0.377 e. The molecule has 1 atom stereocenters. The van der Waals surface area contributed by atoms with Crippen molar-refractivity contribution in [3.63, 3.8) is 0 Å². The van der Waals surface area contributed by atoms with Crippen LogP contribution in [0.25, 0.3) is 0 Å². The first-order valence-electron chi connectivity index (χ1n) is 10.4. The Labute approximate surface area is 169 Å². The first kappa shape index (κ1) is 23.4. The van der Waals surface area contributed by atoms with Crippen molar-refractivity contribution in [2.75, 3.05) is 79.6 Å². The molecule has 8 nitrogen and oxygen atoms in total. The summed E-state index contributed by atoms with van der Waals surface area (Å²) in [6, 6.07) is 0. The Balaban J connectivity index is 1.27. The van der Waals surface area contributed by atoms with E-state index in [1.54, 1.807) is 7.05 Å². The summed E-state index contributed by atoms with van der Waals surface area (Å²) in [5.41, 5.74) is 1.36. The monoisotopic (exact) mass is 399 g/mol. The van der Waals surface area contributed by atoms with Gasteiger partial charge in [0.15, 0.2) is 0 Å². The molecule has 1 aliphatic heterocycles. The van der Waals surface area contributed by atoms with Crippen molar-refractivity contribution in [3.05, 3.63) is 11.8 Å². The molecule has 1 heterocycles. The molecule has 2 aliphatic rings. The molecule has 2 fully saturated rings. The fourth-order valence-electron chi connectivity index (χ4n) is 3.50. The van der Waals surface area contributed by atoms with E-state index in [9.17, 15) is 0 Å². The lowest BCUT2D eigenvalue weighted by molar-refractivity contribution is -0.0240. The predicted molar refractivity (Wildman–Crippen MR) is 107 cm³/mol. The average molecular weight is 400 g/mol. The lowest BCUT2D eigenvalue weighted by atomic mass is 9.80. The molecule has 0 bridgehead atoms. The van der Waals surface area contributed by atoms with Gasteiger partial charge in [-0.3, -0.25) is 0 Å². The number of hydrogen-bond donors (Lipinski definition) is 1. The van der Waals surface area contributed by atoms with E-state index >= 15 is 0 Å². The number of hydrogen-bond acceptors (Lipinski definition) is 8. The first-order valence-corrected chi connectivity index (χ1v) is 10.4. The Morgan fingerprint density at radius 2 is 1.57 bits per heavy atom. The molecule has 1 saturated carbocycles. The van der Waals surface area contributed by atoms with Crippen molar-refractivity contribution in [1.82, 2.24) is 5.32 Å². The fraction of sp³-hybridized carbons (Fsp3) is 0.900. The second-order valence-corrected chi connectivity index (χ2v) is 7.31. The van der Waals surface area contributed by atoms with Crippen molar-refractivity contribution in [2.24, 2.45) is 15.6 Å². The number of allylic oxidation sites excluding steroid dienone is 1. The third kappa shape index (κ3) is 9.07. The van der Waals surface area contributed by atoms with Gasteiger partial charge < -0.3 is 29.0 Å². The normalized spacial score (nSPS) is 21.6. The number of ether oxygens (including phenoxy) is 5. The summed E-state index contributed by atoms with van der Waals surface area (Å²) < 4.78 is 27.9. The van der Waals surface area contributed by atoms with Crippen molar-refractivity contribution in [2.45, 2.75) is 32.3 Å². The second-order valence-electron chi connectivity index (χ2n) is 7.31. The van der Waals surface area contributed by atoms with Gasteiger partial charge >= 0.3 is 0 Å². The van der Waals surface area contributed by atoms with Gasteiger partial charge in [-0.25, -0.2) is 0 Å². The van der Waals surface area contributed by atoms with Crippen LogP contribution in [0.4, 0.5) is 0 Å².